The molecule has 0 amide bonds. The van der Waals surface area contributed by atoms with Gasteiger partial charge in [0.25, 0.3) is 0 Å². The van der Waals surface area contributed by atoms with E-state index in [1.807, 2.05) is 0 Å². The van der Waals surface area contributed by atoms with Crippen molar-refractivity contribution in [3.8, 4) is 0 Å². The normalized spacial score (nSPS) is 26.0. The molecule has 3 atom stereocenters. The summed E-state index contributed by atoms with van der Waals surface area (Å²) in [5, 5.41) is 11.7. The number of hydrogen-bond donors (Lipinski definition) is 3. The Labute approximate surface area is 132 Å². The fourth-order valence-corrected chi connectivity index (χ4v) is 2.98. The molecule has 0 saturated heterocycles. The first-order chi connectivity index (χ1) is 10.1. The van der Waals surface area contributed by atoms with Gasteiger partial charge in [-0.3, -0.25) is 4.79 Å². The summed E-state index contributed by atoms with van der Waals surface area (Å²) in [6, 6.07) is -0.749. The predicted octanol–water partition coefficient (Wildman–Crippen LogP) is 1.18. The highest BCUT2D eigenvalue weighted by Gasteiger charge is 2.52. The van der Waals surface area contributed by atoms with Crippen molar-refractivity contribution in [2.24, 2.45) is 17.1 Å². The van der Waals surface area contributed by atoms with E-state index in [0.29, 0.717) is 31.8 Å². The van der Waals surface area contributed by atoms with Crippen molar-refractivity contribution < 1.29 is 19.4 Å². The number of carboxylic acid groups (broad SMARTS) is 1. The summed E-state index contributed by atoms with van der Waals surface area (Å²) in [6.45, 7) is 9.79. The van der Waals surface area contributed by atoms with Crippen LogP contribution in [0, 0.1) is 11.3 Å². The third kappa shape index (κ3) is 6.42. The Morgan fingerprint density at radius 1 is 1.55 bits per heavy atom. The van der Waals surface area contributed by atoms with Gasteiger partial charge in [0.15, 0.2) is 0 Å². The summed E-state index contributed by atoms with van der Waals surface area (Å²) in [5.41, 5.74) is 5.82. The monoisotopic (exact) mass is 314 g/mol. The second kappa shape index (κ2) is 7.53. The number of nitrogens with two attached hydrogens (primary N) is 1. The summed E-state index contributed by atoms with van der Waals surface area (Å²) in [7, 11) is 0. The van der Waals surface area contributed by atoms with Crippen molar-refractivity contribution in [1.82, 2.24) is 5.32 Å². The Balaban J connectivity index is 2.33. The van der Waals surface area contributed by atoms with E-state index >= 15 is 0 Å². The maximum absolute atomic E-state index is 10.9. The van der Waals surface area contributed by atoms with E-state index < -0.39 is 17.6 Å². The molecule has 0 bridgehead atoms. The van der Waals surface area contributed by atoms with Gasteiger partial charge < -0.3 is 25.7 Å². The van der Waals surface area contributed by atoms with Gasteiger partial charge in [-0.25, -0.2) is 0 Å². The second-order valence-electron chi connectivity index (χ2n) is 7.75. The molecule has 2 unspecified atom stereocenters. The Morgan fingerprint density at radius 2 is 2.18 bits per heavy atom. The fourth-order valence-electron chi connectivity index (χ4n) is 2.98. The van der Waals surface area contributed by atoms with Gasteiger partial charge in [0.2, 0.25) is 0 Å². The van der Waals surface area contributed by atoms with Crippen LogP contribution < -0.4 is 11.1 Å². The highest BCUT2D eigenvalue weighted by molar-refractivity contribution is 5.73. The molecule has 1 fully saturated rings. The van der Waals surface area contributed by atoms with Gasteiger partial charge in [-0.2, -0.15) is 0 Å². The molecular weight excluding hydrogens is 284 g/mol. The van der Waals surface area contributed by atoms with Crippen LogP contribution in [0.1, 0.15) is 47.0 Å². The molecule has 1 aliphatic rings. The second-order valence-corrected chi connectivity index (χ2v) is 7.75. The lowest BCUT2D eigenvalue weighted by atomic mass is 9.85. The van der Waals surface area contributed by atoms with Gasteiger partial charge in [-0.05, 0) is 24.2 Å². The predicted molar refractivity (Wildman–Crippen MR) is 84.6 cm³/mol. The minimum Gasteiger partial charge on any atom is -0.481 e. The number of nitrogens with one attached hydrogen (secondary N) is 1. The van der Waals surface area contributed by atoms with Crippen molar-refractivity contribution in [2.45, 2.75) is 64.6 Å². The summed E-state index contributed by atoms with van der Waals surface area (Å²) in [4.78, 5) is 21.5. The highest BCUT2D eigenvalue weighted by Crippen LogP contribution is 2.35. The molecule has 0 radical (unpaired) electrons. The molecule has 0 spiro atoms. The SMILES string of the molecule is CC(C)CC(C)(C)COCC1(N)CC1N[C@H](C=O)CC(=O)O. The number of aliphatic carboxylic acids is 1. The number of aldehydes is 1. The van der Waals surface area contributed by atoms with Gasteiger partial charge in [-0.15, -0.1) is 0 Å². The smallest absolute Gasteiger partial charge is 0.305 e. The average Bonchev–Trinajstić information content (AvgIpc) is 2.96. The molecule has 128 valence electrons. The van der Waals surface area contributed by atoms with Crippen molar-refractivity contribution in [3.05, 3.63) is 0 Å². The first-order valence-corrected chi connectivity index (χ1v) is 7.88. The Bertz CT molecular complexity index is 398. The summed E-state index contributed by atoms with van der Waals surface area (Å²) in [5.74, 6) is -0.385. The van der Waals surface area contributed by atoms with E-state index in [4.69, 9.17) is 15.6 Å². The van der Waals surface area contributed by atoms with Crippen LogP contribution in [-0.4, -0.2) is 48.2 Å². The number of carbonyl (C=O) groups excluding carboxylic acids is 1. The van der Waals surface area contributed by atoms with Crippen LogP contribution in [0.3, 0.4) is 0 Å². The molecule has 0 aromatic rings. The van der Waals surface area contributed by atoms with Gasteiger partial charge in [-0.1, -0.05) is 27.7 Å². The third-order valence-corrected chi connectivity index (χ3v) is 3.92. The molecule has 0 aliphatic heterocycles. The first-order valence-electron chi connectivity index (χ1n) is 7.88. The topological polar surface area (TPSA) is 102 Å². The van der Waals surface area contributed by atoms with E-state index in [1.54, 1.807) is 0 Å². The van der Waals surface area contributed by atoms with Crippen molar-refractivity contribution in [1.29, 1.82) is 0 Å². The Morgan fingerprint density at radius 3 is 2.68 bits per heavy atom. The quantitative estimate of drug-likeness (QED) is 0.495. The molecule has 0 aromatic carbocycles. The third-order valence-electron chi connectivity index (χ3n) is 3.92. The van der Waals surface area contributed by atoms with E-state index in [9.17, 15) is 9.59 Å². The average molecular weight is 314 g/mol. The molecule has 6 nitrogen and oxygen atoms in total. The number of carboxylic acids is 1. The molecule has 1 saturated carbocycles. The van der Waals surface area contributed by atoms with Gasteiger partial charge in [0, 0.05) is 6.04 Å². The molecule has 22 heavy (non-hydrogen) atoms. The van der Waals surface area contributed by atoms with E-state index in [0.717, 1.165) is 6.42 Å². The van der Waals surface area contributed by atoms with Crippen molar-refractivity contribution >= 4 is 12.3 Å². The lowest BCUT2D eigenvalue weighted by Gasteiger charge is -2.27. The Kier molecular flexibility index (Phi) is 6.52. The maximum Gasteiger partial charge on any atom is 0.305 e. The highest BCUT2D eigenvalue weighted by atomic mass is 16.5. The zero-order valence-corrected chi connectivity index (χ0v) is 14.1. The molecule has 4 N–H and O–H groups in total. The van der Waals surface area contributed by atoms with E-state index in [1.165, 1.54) is 0 Å². The molecule has 0 aromatic heterocycles. The van der Waals surface area contributed by atoms with Crippen LogP contribution in [0.2, 0.25) is 0 Å². The lowest BCUT2D eigenvalue weighted by Crippen LogP contribution is -2.44. The molecule has 1 rings (SSSR count). The molecular formula is C16H30N2O4. The standard InChI is InChI=1S/C16H30N2O4/c1-11(2)6-15(3,4)9-22-10-16(17)7-13(16)18-12(8-19)5-14(20)21/h8,11-13,18H,5-7,9-10,17H2,1-4H3,(H,20,21)/t12-,13?,16?/m0/s1. The van der Waals surface area contributed by atoms with Gasteiger partial charge >= 0.3 is 5.97 Å². The molecule has 1 aliphatic carbocycles. The largest absolute Gasteiger partial charge is 0.481 e. The lowest BCUT2D eigenvalue weighted by molar-refractivity contribution is -0.138. The van der Waals surface area contributed by atoms with Crippen LogP contribution in [0.25, 0.3) is 0 Å². The van der Waals surface area contributed by atoms with Gasteiger partial charge in [0.05, 0.1) is 31.2 Å². The first kappa shape index (κ1) is 19.1. The van der Waals surface area contributed by atoms with Gasteiger partial charge in [0.1, 0.15) is 6.29 Å². The van der Waals surface area contributed by atoms with Crippen LogP contribution >= 0.6 is 0 Å². The number of ether oxygens (including phenoxy) is 1. The minimum atomic E-state index is -1.00. The van der Waals surface area contributed by atoms with Crippen molar-refractivity contribution in [3.63, 3.8) is 0 Å². The molecule has 0 heterocycles. The maximum atomic E-state index is 10.9. The minimum absolute atomic E-state index is 0.0599. The number of hydrogen-bond acceptors (Lipinski definition) is 5. The van der Waals surface area contributed by atoms with Crippen molar-refractivity contribution in [2.75, 3.05) is 13.2 Å². The van der Waals surface area contributed by atoms with Crippen LogP contribution in [0.5, 0.6) is 0 Å². The van der Waals surface area contributed by atoms with Crippen LogP contribution in [0.4, 0.5) is 0 Å². The summed E-state index contributed by atoms with van der Waals surface area (Å²) in [6.07, 6.45) is 2.18. The zero-order valence-electron chi connectivity index (χ0n) is 14.1. The molecule has 6 heteroatoms. The zero-order chi connectivity index (χ0) is 17.0. The Hall–Kier alpha value is -0.980. The van der Waals surface area contributed by atoms with Crippen LogP contribution in [0.15, 0.2) is 0 Å². The van der Waals surface area contributed by atoms with Crippen LogP contribution in [-0.2, 0) is 14.3 Å². The fraction of sp³-hybridized carbons (Fsp3) is 0.875. The van der Waals surface area contributed by atoms with E-state index in [-0.39, 0.29) is 17.9 Å². The summed E-state index contributed by atoms with van der Waals surface area (Å²) < 4.78 is 5.78. The summed E-state index contributed by atoms with van der Waals surface area (Å²) >= 11 is 0. The number of rotatable bonds is 11. The van der Waals surface area contributed by atoms with E-state index in [2.05, 4.69) is 33.0 Å². The number of carbonyl (C=O) groups is 2.